The number of carbonyl (C=O) groups is 1. The topological polar surface area (TPSA) is 46.5 Å². The van der Waals surface area contributed by atoms with Gasteiger partial charge in [0, 0.05) is 5.56 Å². The Morgan fingerprint density at radius 1 is 0.962 bits per heavy atom. The first-order chi connectivity index (χ1) is 12.6. The van der Waals surface area contributed by atoms with Gasteiger partial charge in [0.05, 0.1) is 12.5 Å². The molecule has 0 radical (unpaired) electrons. The highest BCUT2D eigenvalue weighted by Gasteiger charge is 2.22. The summed E-state index contributed by atoms with van der Waals surface area (Å²) in [5, 5.41) is 12.2. The largest absolute Gasteiger partial charge is 0.508 e. The van der Waals surface area contributed by atoms with E-state index in [0.717, 1.165) is 23.6 Å². The average Bonchev–Trinajstić information content (AvgIpc) is 2.66. The van der Waals surface area contributed by atoms with Crippen molar-refractivity contribution in [3.8, 4) is 5.75 Å². The van der Waals surface area contributed by atoms with Gasteiger partial charge in [-0.1, -0.05) is 82.2 Å². The lowest BCUT2D eigenvalue weighted by atomic mass is 9.94. The zero-order valence-corrected chi connectivity index (χ0v) is 16.2. The number of ether oxygens (including phenoxy) is 1. The van der Waals surface area contributed by atoms with E-state index in [1.54, 1.807) is 13.0 Å². The van der Waals surface area contributed by atoms with Gasteiger partial charge in [-0.15, -0.1) is 0 Å². The quantitative estimate of drug-likeness (QED) is 0.378. The number of unbranched alkanes of at least 4 members (excludes halogenated alkanes) is 7. The fourth-order valence-corrected chi connectivity index (χ4v) is 3.39. The van der Waals surface area contributed by atoms with Gasteiger partial charge in [0.1, 0.15) is 5.75 Å². The molecule has 2 rings (SSSR count). The molecule has 0 aromatic heterocycles. The van der Waals surface area contributed by atoms with Gasteiger partial charge in [-0.3, -0.25) is 4.79 Å². The molecule has 2 aromatic rings. The average molecular weight is 357 g/mol. The van der Waals surface area contributed by atoms with E-state index in [1.165, 1.54) is 38.5 Å². The number of phenols is 1. The van der Waals surface area contributed by atoms with Crippen LogP contribution in [0.25, 0.3) is 10.8 Å². The van der Waals surface area contributed by atoms with Crippen molar-refractivity contribution in [2.75, 3.05) is 6.61 Å². The molecule has 0 aliphatic rings. The van der Waals surface area contributed by atoms with E-state index in [-0.39, 0.29) is 11.7 Å². The lowest BCUT2D eigenvalue weighted by molar-refractivity contribution is -0.145. The van der Waals surface area contributed by atoms with Crippen LogP contribution in [0.5, 0.6) is 5.75 Å². The first-order valence-corrected chi connectivity index (χ1v) is 10.0. The number of hydrogen-bond donors (Lipinski definition) is 1. The van der Waals surface area contributed by atoms with Gasteiger partial charge in [0.25, 0.3) is 0 Å². The van der Waals surface area contributed by atoms with Crippen molar-refractivity contribution in [3.63, 3.8) is 0 Å². The Morgan fingerprint density at radius 2 is 1.62 bits per heavy atom. The standard InChI is InChI=1S/C23H32O3/c1-3-4-5-6-7-8-9-12-17-26-23(25)18(2)22-20-14-11-10-13-19(20)15-16-21(22)24/h10-11,13-16,18,24H,3-9,12,17H2,1-2H3/t18-/m0/s1. The minimum Gasteiger partial charge on any atom is -0.508 e. The minimum atomic E-state index is -0.477. The molecule has 0 aliphatic heterocycles. The molecule has 0 saturated carbocycles. The van der Waals surface area contributed by atoms with Crippen molar-refractivity contribution in [2.24, 2.45) is 0 Å². The van der Waals surface area contributed by atoms with Gasteiger partial charge in [0.2, 0.25) is 0 Å². The second-order valence-corrected chi connectivity index (χ2v) is 7.08. The Morgan fingerprint density at radius 3 is 2.35 bits per heavy atom. The Bertz CT molecular complexity index is 693. The van der Waals surface area contributed by atoms with Crippen LogP contribution < -0.4 is 0 Å². The SMILES string of the molecule is CCCCCCCCCCOC(=O)[C@@H](C)c1c(O)ccc2ccccc12. The molecule has 2 aromatic carbocycles. The zero-order chi connectivity index (χ0) is 18.8. The van der Waals surface area contributed by atoms with Crippen LogP contribution in [0.15, 0.2) is 36.4 Å². The first-order valence-electron chi connectivity index (χ1n) is 10.0. The van der Waals surface area contributed by atoms with E-state index in [2.05, 4.69) is 6.92 Å². The Balaban J connectivity index is 1.79. The smallest absolute Gasteiger partial charge is 0.313 e. The van der Waals surface area contributed by atoms with Crippen molar-refractivity contribution < 1.29 is 14.6 Å². The van der Waals surface area contributed by atoms with Crippen LogP contribution in [0, 0.1) is 0 Å². The molecule has 26 heavy (non-hydrogen) atoms. The predicted octanol–water partition coefficient (Wildman–Crippen LogP) is 6.33. The number of rotatable bonds is 11. The summed E-state index contributed by atoms with van der Waals surface area (Å²) in [5.74, 6) is -0.588. The molecule has 1 atom stereocenters. The zero-order valence-electron chi connectivity index (χ0n) is 16.2. The van der Waals surface area contributed by atoms with Gasteiger partial charge < -0.3 is 9.84 Å². The van der Waals surface area contributed by atoms with E-state index in [0.29, 0.717) is 12.2 Å². The highest BCUT2D eigenvalue weighted by atomic mass is 16.5. The minimum absolute atomic E-state index is 0.153. The summed E-state index contributed by atoms with van der Waals surface area (Å²) in [4.78, 5) is 12.4. The van der Waals surface area contributed by atoms with Crippen molar-refractivity contribution in [3.05, 3.63) is 42.0 Å². The predicted molar refractivity (Wildman–Crippen MR) is 108 cm³/mol. The molecule has 0 amide bonds. The monoisotopic (exact) mass is 356 g/mol. The number of phenolic OH excluding ortho intramolecular Hbond substituents is 1. The maximum Gasteiger partial charge on any atom is 0.313 e. The molecule has 0 bridgehead atoms. The number of aromatic hydroxyl groups is 1. The van der Waals surface area contributed by atoms with E-state index < -0.39 is 5.92 Å². The van der Waals surface area contributed by atoms with Gasteiger partial charge in [-0.25, -0.2) is 0 Å². The summed E-state index contributed by atoms with van der Waals surface area (Å²) in [6, 6.07) is 11.3. The Labute approximate surface area is 157 Å². The fraction of sp³-hybridized carbons (Fsp3) is 0.522. The molecule has 3 heteroatoms. The normalized spacial score (nSPS) is 12.2. The van der Waals surface area contributed by atoms with Gasteiger partial charge in [0.15, 0.2) is 0 Å². The highest BCUT2D eigenvalue weighted by Crippen LogP contribution is 2.34. The number of carbonyl (C=O) groups excluding carboxylic acids is 1. The second kappa shape index (κ2) is 10.8. The molecule has 0 fully saturated rings. The molecule has 0 unspecified atom stereocenters. The van der Waals surface area contributed by atoms with E-state index in [1.807, 2.05) is 30.3 Å². The second-order valence-electron chi connectivity index (χ2n) is 7.08. The van der Waals surface area contributed by atoms with Gasteiger partial charge in [-0.2, -0.15) is 0 Å². The lowest BCUT2D eigenvalue weighted by Gasteiger charge is -2.16. The highest BCUT2D eigenvalue weighted by molar-refractivity contribution is 5.93. The van der Waals surface area contributed by atoms with Crippen molar-refractivity contribution >= 4 is 16.7 Å². The number of benzene rings is 2. The molecular formula is C23H32O3. The van der Waals surface area contributed by atoms with Crippen LogP contribution in [-0.4, -0.2) is 17.7 Å². The van der Waals surface area contributed by atoms with Gasteiger partial charge in [-0.05, 0) is 30.2 Å². The van der Waals surface area contributed by atoms with Crippen molar-refractivity contribution in [2.45, 2.75) is 71.1 Å². The van der Waals surface area contributed by atoms with Crippen molar-refractivity contribution in [1.29, 1.82) is 0 Å². The van der Waals surface area contributed by atoms with E-state index >= 15 is 0 Å². The molecular weight excluding hydrogens is 324 g/mol. The van der Waals surface area contributed by atoms with E-state index in [4.69, 9.17) is 4.74 Å². The van der Waals surface area contributed by atoms with E-state index in [9.17, 15) is 9.90 Å². The molecule has 0 heterocycles. The molecule has 0 aliphatic carbocycles. The first kappa shape index (κ1) is 20.3. The van der Waals surface area contributed by atoms with Crippen LogP contribution in [0.4, 0.5) is 0 Å². The maximum absolute atomic E-state index is 12.4. The molecule has 0 spiro atoms. The summed E-state index contributed by atoms with van der Waals surface area (Å²) >= 11 is 0. The third-order valence-electron chi connectivity index (χ3n) is 4.98. The number of hydrogen-bond acceptors (Lipinski definition) is 3. The lowest BCUT2D eigenvalue weighted by Crippen LogP contribution is -2.14. The van der Waals surface area contributed by atoms with Crippen LogP contribution in [0.3, 0.4) is 0 Å². The Kier molecular flexibility index (Phi) is 8.46. The van der Waals surface area contributed by atoms with Crippen LogP contribution in [-0.2, 0) is 9.53 Å². The van der Waals surface area contributed by atoms with Gasteiger partial charge >= 0.3 is 5.97 Å². The summed E-state index contributed by atoms with van der Waals surface area (Å²) in [6.07, 6.45) is 9.75. The van der Waals surface area contributed by atoms with Crippen LogP contribution >= 0.6 is 0 Å². The molecule has 3 nitrogen and oxygen atoms in total. The summed E-state index contributed by atoms with van der Waals surface area (Å²) < 4.78 is 5.46. The summed E-state index contributed by atoms with van der Waals surface area (Å²) in [5.41, 5.74) is 0.657. The third-order valence-corrected chi connectivity index (χ3v) is 4.98. The summed E-state index contributed by atoms with van der Waals surface area (Å²) in [7, 11) is 0. The third kappa shape index (κ3) is 5.76. The fourth-order valence-electron chi connectivity index (χ4n) is 3.39. The van der Waals surface area contributed by atoms with Crippen LogP contribution in [0.2, 0.25) is 0 Å². The molecule has 142 valence electrons. The van der Waals surface area contributed by atoms with Crippen molar-refractivity contribution in [1.82, 2.24) is 0 Å². The number of esters is 1. The number of fused-ring (bicyclic) bond motifs is 1. The molecule has 0 saturated heterocycles. The van der Waals surface area contributed by atoms with Crippen LogP contribution in [0.1, 0.15) is 76.7 Å². The Hall–Kier alpha value is -2.03. The maximum atomic E-state index is 12.4. The summed E-state index contributed by atoms with van der Waals surface area (Å²) in [6.45, 7) is 4.49. The molecule has 1 N–H and O–H groups in total.